The Kier molecular flexibility index (Phi) is 6.30. The number of non-ortho nitro benzene ring substituents is 1. The number of thioether (sulfide) groups is 1. The molecule has 25 heavy (non-hydrogen) atoms. The van der Waals surface area contributed by atoms with Crippen molar-refractivity contribution in [3.8, 4) is 0 Å². The minimum Gasteiger partial charge on any atom is -0.325 e. The zero-order valence-corrected chi connectivity index (χ0v) is 14.7. The van der Waals surface area contributed by atoms with Crippen LogP contribution in [-0.4, -0.2) is 22.4 Å². The van der Waals surface area contributed by atoms with E-state index < -0.39 is 4.92 Å². The van der Waals surface area contributed by atoms with Gasteiger partial charge in [0.2, 0.25) is 5.91 Å². The molecule has 0 saturated carbocycles. The maximum absolute atomic E-state index is 12.1. The van der Waals surface area contributed by atoms with E-state index in [0.717, 1.165) is 5.56 Å². The predicted molar refractivity (Wildman–Crippen MR) is 99.0 cm³/mol. The SMILES string of the molecule is CC(=O)c1ccccc1NC(=O)CS[C@@H](C)c1cccc([N+](=O)[O-])c1. The van der Waals surface area contributed by atoms with Gasteiger partial charge in [0.25, 0.3) is 5.69 Å². The van der Waals surface area contributed by atoms with Crippen LogP contribution in [0.5, 0.6) is 0 Å². The molecule has 2 aromatic carbocycles. The van der Waals surface area contributed by atoms with Crippen LogP contribution in [0.4, 0.5) is 11.4 Å². The Labute approximate surface area is 149 Å². The quantitative estimate of drug-likeness (QED) is 0.454. The standard InChI is InChI=1S/C18H18N2O4S/c1-12(21)16-8-3-4-9-17(16)19-18(22)11-25-13(2)14-6-5-7-15(10-14)20(23)24/h3-10,13H,11H2,1-2H3,(H,19,22)/t13-/m0/s1. The molecule has 1 atom stereocenters. The molecular weight excluding hydrogens is 340 g/mol. The molecule has 1 N–H and O–H groups in total. The molecular formula is C18H18N2O4S. The lowest BCUT2D eigenvalue weighted by atomic mass is 10.1. The van der Waals surface area contributed by atoms with E-state index in [2.05, 4.69) is 5.32 Å². The average Bonchev–Trinajstić information content (AvgIpc) is 2.60. The van der Waals surface area contributed by atoms with E-state index in [1.807, 2.05) is 6.92 Å². The molecule has 0 heterocycles. The van der Waals surface area contributed by atoms with Gasteiger partial charge in [-0.3, -0.25) is 19.7 Å². The van der Waals surface area contributed by atoms with E-state index in [0.29, 0.717) is 11.3 Å². The number of hydrogen-bond donors (Lipinski definition) is 1. The summed E-state index contributed by atoms with van der Waals surface area (Å²) >= 11 is 1.37. The van der Waals surface area contributed by atoms with Crippen molar-refractivity contribution >= 4 is 34.8 Å². The Balaban J connectivity index is 1.97. The first-order valence-corrected chi connectivity index (χ1v) is 8.69. The van der Waals surface area contributed by atoms with Gasteiger partial charge in [-0.15, -0.1) is 11.8 Å². The van der Waals surface area contributed by atoms with Crippen molar-refractivity contribution in [1.82, 2.24) is 0 Å². The molecule has 0 saturated heterocycles. The summed E-state index contributed by atoms with van der Waals surface area (Å²) in [6.45, 7) is 3.34. The lowest BCUT2D eigenvalue weighted by molar-refractivity contribution is -0.384. The summed E-state index contributed by atoms with van der Waals surface area (Å²) in [6, 6.07) is 13.2. The third-order valence-corrected chi connectivity index (χ3v) is 4.80. The molecule has 1 amide bonds. The van der Waals surface area contributed by atoms with Gasteiger partial charge in [-0.25, -0.2) is 0 Å². The normalized spacial score (nSPS) is 11.6. The number of ketones is 1. The van der Waals surface area contributed by atoms with Gasteiger partial charge in [0.05, 0.1) is 16.4 Å². The van der Waals surface area contributed by atoms with Crippen molar-refractivity contribution in [2.24, 2.45) is 0 Å². The van der Waals surface area contributed by atoms with Crippen molar-refractivity contribution in [3.63, 3.8) is 0 Å². The second-order valence-corrected chi connectivity index (χ2v) is 6.78. The molecule has 2 rings (SSSR count). The fourth-order valence-corrected chi connectivity index (χ4v) is 3.09. The Morgan fingerprint density at radius 3 is 2.60 bits per heavy atom. The largest absolute Gasteiger partial charge is 0.325 e. The molecule has 130 valence electrons. The summed E-state index contributed by atoms with van der Waals surface area (Å²) in [4.78, 5) is 34.1. The Hall–Kier alpha value is -2.67. The van der Waals surface area contributed by atoms with Crippen LogP contribution in [0.3, 0.4) is 0 Å². The second-order valence-electron chi connectivity index (χ2n) is 5.46. The van der Waals surface area contributed by atoms with Gasteiger partial charge in [-0.2, -0.15) is 0 Å². The topological polar surface area (TPSA) is 89.3 Å². The smallest absolute Gasteiger partial charge is 0.269 e. The van der Waals surface area contributed by atoms with Crippen LogP contribution in [0.15, 0.2) is 48.5 Å². The highest BCUT2D eigenvalue weighted by atomic mass is 32.2. The number of rotatable bonds is 7. The number of benzene rings is 2. The summed E-state index contributed by atoms with van der Waals surface area (Å²) in [7, 11) is 0. The number of para-hydroxylation sites is 1. The molecule has 0 bridgehead atoms. The zero-order valence-electron chi connectivity index (χ0n) is 13.9. The highest BCUT2D eigenvalue weighted by molar-refractivity contribution is 8.00. The highest BCUT2D eigenvalue weighted by Gasteiger charge is 2.14. The van der Waals surface area contributed by atoms with Gasteiger partial charge in [0.15, 0.2) is 5.78 Å². The predicted octanol–water partition coefficient (Wildman–Crippen LogP) is 4.23. The van der Waals surface area contributed by atoms with Crippen molar-refractivity contribution in [2.45, 2.75) is 19.1 Å². The third kappa shape index (κ3) is 5.15. The molecule has 0 fully saturated rings. The number of hydrogen-bond acceptors (Lipinski definition) is 5. The summed E-state index contributed by atoms with van der Waals surface area (Å²) in [5, 5.41) is 13.5. The maximum Gasteiger partial charge on any atom is 0.269 e. The first-order chi connectivity index (χ1) is 11.9. The molecule has 0 aliphatic heterocycles. The number of nitro groups is 1. The van der Waals surface area contributed by atoms with Crippen LogP contribution in [0.25, 0.3) is 0 Å². The van der Waals surface area contributed by atoms with Crippen LogP contribution in [0, 0.1) is 10.1 Å². The molecule has 7 heteroatoms. The number of nitro benzene ring substituents is 1. The van der Waals surface area contributed by atoms with Gasteiger partial charge >= 0.3 is 0 Å². The number of carbonyl (C=O) groups excluding carboxylic acids is 2. The Bertz CT molecular complexity index is 807. The van der Waals surface area contributed by atoms with E-state index >= 15 is 0 Å². The number of nitrogens with one attached hydrogen (secondary N) is 1. The van der Waals surface area contributed by atoms with Crippen molar-refractivity contribution in [1.29, 1.82) is 0 Å². The average molecular weight is 358 g/mol. The van der Waals surface area contributed by atoms with E-state index in [9.17, 15) is 19.7 Å². The lowest BCUT2D eigenvalue weighted by Gasteiger charge is -2.12. The van der Waals surface area contributed by atoms with Gasteiger partial charge in [0, 0.05) is 22.9 Å². The van der Waals surface area contributed by atoms with E-state index in [1.165, 1.54) is 30.8 Å². The Morgan fingerprint density at radius 2 is 1.92 bits per heavy atom. The first-order valence-electron chi connectivity index (χ1n) is 7.64. The van der Waals surface area contributed by atoms with Crippen LogP contribution >= 0.6 is 11.8 Å². The molecule has 0 unspecified atom stereocenters. The summed E-state index contributed by atoms with van der Waals surface area (Å²) in [6.07, 6.45) is 0. The molecule has 0 aromatic heterocycles. The molecule has 0 radical (unpaired) electrons. The fraction of sp³-hybridized carbons (Fsp3) is 0.222. The third-order valence-electron chi connectivity index (χ3n) is 3.60. The summed E-state index contributed by atoms with van der Waals surface area (Å²) in [5.41, 5.74) is 1.78. The van der Waals surface area contributed by atoms with E-state index in [1.54, 1.807) is 36.4 Å². The second kappa shape index (κ2) is 8.43. The number of carbonyl (C=O) groups is 2. The number of amides is 1. The Morgan fingerprint density at radius 1 is 1.20 bits per heavy atom. The van der Waals surface area contributed by atoms with Crippen molar-refractivity contribution in [3.05, 3.63) is 69.8 Å². The minimum atomic E-state index is -0.438. The molecule has 6 nitrogen and oxygen atoms in total. The van der Waals surface area contributed by atoms with Crippen LogP contribution in [-0.2, 0) is 4.79 Å². The zero-order chi connectivity index (χ0) is 18.4. The van der Waals surface area contributed by atoms with Gasteiger partial charge < -0.3 is 5.32 Å². The van der Waals surface area contributed by atoms with Crippen LogP contribution < -0.4 is 5.32 Å². The van der Waals surface area contributed by atoms with Crippen molar-refractivity contribution in [2.75, 3.05) is 11.1 Å². The number of anilines is 1. The number of Topliss-reactive ketones (excluding diaryl/α,β-unsaturated/α-hetero) is 1. The van der Waals surface area contributed by atoms with Gasteiger partial charge in [-0.1, -0.05) is 24.3 Å². The number of nitrogens with zero attached hydrogens (tertiary/aromatic N) is 1. The van der Waals surface area contributed by atoms with Crippen LogP contribution in [0.2, 0.25) is 0 Å². The molecule has 0 aliphatic carbocycles. The van der Waals surface area contributed by atoms with Gasteiger partial charge in [0.1, 0.15) is 0 Å². The van der Waals surface area contributed by atoms with Crippen LogP contribution in [0.1, 0.15) is 35.0 Å². The van der Waals surface area contributed by atoms with Crippen molar-refractivity contribution < 1.29 is 14.5 Å². The first kappa shape index (κ1) is 18.7. The molecule has 0 aliphatic rings. The molecule has 2 aromatic rings. The van der Waals surface area contributed by atoms with Gasteiger partial charge in [-0.05, 0) is 31.5 Å². The summed E-state index contributed by atoms with van der Waals surface area (Å²) in [5.74, 6) is -0.166. The van der Waals surface area contributed by atoms with E-state index in [4.69, 9.17) is 0 Å². The monoisotopic (exact) mass is 358 g/mol. The minimum absolute atomic E-state index is 0.0322. The summed E-state index contributed by atoms with van der Waals surface area (Å²) < 4.78 is 0. The molecule has 0 spiro atoms. The maximum atomic E-state index is 12.1. The fourth-order valence-electron chi connectivity index (χ4n) is 2.27. The van der Waals surface area contributed by atoms with E-state index in [-0.39, 0.29) is 28.4 Å². The highest BCUT2D eigenvalue weighted by Crippen LogP contribution is 2.30. The lowest BCUT2D eigenvalue weighted by Crippen LogP contribution is -2.16.